The van der Waals surface area contributed by atoms with E-state index in [0.29, 0.717) is 31.0 Å². The summed E-state index contributed by atoms with van der Waals surface area (Å²) in [4.78, 5) is 12.8. The standard InChI is InChI=1S/C31H28N4O3/c32-19-25(31(36)33-20-29-12-7-17-37-29)18-26-21-35(27-10-5-2-6-11-27)34-30(26)24-13-15-28(16-14-24)38-22-23-8-3-1-4-9-23/h1-6,8-11,13-16,18,21,29H,7,12,17,20,22H2,(H,33,36)/b25-18-. The second-order valence-corrected chi connectivity index (χ2v) is 9.03. The van der Waals surface area contributed by atoms with Crippen LogP contribution in [0.1, 0.15) is 24.0 Å². The highest BCUT2D eigenvalue weighted by Crippen LogP contribution is 2.28. The predicted octanol–water partition coefficient (Wildman–Crippen LogP) is 5.32. The Morgan fingerprint density at radius 3 is 2.50 bits per heavy atom. The molecule has 1 N–H and O–H groups in total. The molecule has 1 unspecified atom stereocenters. The van der Waals surface area contributed by atoms with Crippen LogP contribution in [0.25, 0.3) is 23.0 Å². The van der Waals surface area contributed by atoms with Crippen molar-refractivity contribution in [2.75, 3.05) is 13.2 Å². The second-order valence-electron chi connectivity index (χ2n) is 9.03. The van der Waals surface area contributed by atoms with E-state index in [-0.39, 0.29) is 11.7 Å². The van der Waals surface area contributed by atoms with E-state index >= 15 is 0 Å². The molecule has 190 valence electrons. The van der Waals surface area contributed by atoms with Crippen molar-refractivity contribution in [1.82, 2.24) is 15.1 Å². The number of amides is 1. The number of nitrogens with one attached hydrogen (secondary N) is 1. The Morgan fingerprint density at radius 2 is 1.82 bits per heavy atom. The normalized spacial score (nSPS) is 15.1. The summed E-state index contributed by atoms with van der Waals surface area (Å²) < 4.78 is 13.3. The van der Waals surface area contributed by atoms with Crippen molar-refractivity contribution in [1.29, 1.82) is 5.26 Å². The fraction of sp³-hybridized carbons (Fsp3) is 0.194. The zero-order valence-corrected chi connectivity index (χ0v) is 20.9. The van der Waals surface area contributed by atoms with E-state index in [1.165, 1.54) is 0 Å². The molecular formula is C31H28N4O3. The number of aromatic nitrogens is 2. The molecule has 0 spiro atoms. The molecule has 5 rings (SSSR count). The van der Waals surface area contributed by atoms with Gasteiger partial charge in [0.05, 0.1) is 17.5 Å². The number of benzene rings is 3. The van der Waals surface area contributed by atoms with Gasteiger partial charge in [-0.25, -0.2) is 4.68 Å². The van der Waals surface area contributed by atoms with Gasteiger partial charge in [-0.15, -0.1) is 0 Å². The molecule has 4 aromatic rings. The van der Waals surface area contributed by atoms with Crippen molar-refractivity contribution in [3.63, 3.8) is 0 Å². The lowest BCUT2D eigenvalue weighted by Gasteiger charge is -2.10. The monoisotopic (exact) mass is 504 g/mol. The molecule has 7 nitrogen and oxygen atoms in total. The van der Waals surface area contributed by atoms with Crippen LogP contribution in [0, 0.1) is 11.3 Å². The Kier molecular flexibility index (Phi) is 7.92. The van der Waals surface area contributed by atoms with Crippen molar-refractivity contribution in [3.8, 4) is 28.8 Å². The number of carbonyl (C=O) groups excluding carboxylic acids is 1. The van der Waals surface area contributed by atoms with Crippen LogP contribution >= 0.6 is 0 Å². The van der Waals surface area contributed by atoms with E-state index in [9.17, 15) is 10.1 Å². The number of ether oxygens (including phenoxy) is 2. The Bertz CT molecular complexity index is 1430. The Labute approximate surface area is 221 Å². The number of nitriles is 1. The molecule has 3 aromatic carbocycles. The van der Waals surface area contributed by atoms with Gasteiger partial charge in [0, 0.05) is 30.5 Å². The smallest absolute Gasteiger partial charge is 0.262 e. The van der Waals surface area contributed by atoms with Crippen molar-refractivity contribution < 1.29 is 14.3 Å². The van der Waals surface area contributed by atoms with Gasteiger partial charge in [-0.05, 0) is 60.9 Å². The minimum absolute atomic E-state index is 0.00194. The first-order valence-electron chi connectivity index (χ1n) is 12.6. The minimum atomic E-state index is -0.425. The van der Waals surface area contributed by atoms with Crippen LogP contribution in [-0.4, -0.2) is 34.9 Å². The molecule has 0 saturated carbocycles. The zero-order chi connectivity index (χ0) is 26.2. The summed E-state index contributed by atoms with van der Waals surface area (Å²) in [6, 6.07) is 29.4. The molecule has 1 amide bonds. The number of hydrogen-bond donors (Lipinski definition) is 1. The summed E-state index contributed by atoms with van der Waals surface area (Å²) in [5.74, 6) is 0.314. The van der Waals surface area contributed by atoms with Crippen LogP contribution in [0.3, 0.4) is 0 Å². The molecule has 38 heavy (non-hydrogen) atoms. The van der Waals surface area contributed by atoms with Gasteiger partial charge >= 0.3 is 0 Å². The highest BCUT2D eigenvalue weighted by molar-refractivity contribution is 6.02. The van der Waals surface area contributed by atoms with Gasteiger partial charge in [0.2, 0.25) is 0 Å². The first-order chi connectivity index (χ1) is 18.7. The molecule has 7 heteroatoms. The number of nitrogens with zero attached hydrogens (tertiary/aromatic N) is 3. The van der Waals surface area contributed by atoms with Gasteiger partial charge in [-0.1, -0.05) is 48.5 Å². The van der Waals surface area contributed by atoms with Crippen LogP contribution in [0.2, 0.25) is 0 Å². The summed E-state index contributed by atoms with van der Waals surface area (Å²) in [7, 11) is 0. The summed E-state index contributed by atoms with van der Waals surface area (Å²) in [5, 5.41) is 17.4. The molecule has 1 saturated heterocycles. The molecule has 0 bridgehead atoms. The van der Waals surface area contributed by atoms with Gasteiger partial charge in [0.1, 0.15) is 24.0 Å². The lowest BCUT2D eigenvalue weighted by Crippen LogP contribution is -2.32. The van der Waals surface area contributed by atoms with E-state index < -0.39 is 5.91 Å². The highest BCUT2D eigenvalue weighted by Gasteiger charge is 2.19. The third kappa shape index (κ3) is 6.17. The van der Waals surface area contributed by atoms with Crippen LogP contribution < -0.4 is 10.1 Å². The van der Waals surface area contributed by atoms with Crippen molar-refractivity contribution in [3.05, 3.63) is 108 Å². The average Bonchev–Trinajstić information content (AvgIpc) is 3.65. The highest BCUT2D eigenvalue weighted by atomic mass is 16.5. The minimum Gasteiger partial charge on any atom is -0.489 e. The summed E-state index contributed by atoms with van der Waals surface area (Å²) in [5.41, 5.74) is 4.14. The number of para-hydroxylation sites is 1. The Balaban J connectivity index is 1.40. The maximum absolute atomic E-state index is 12.8. The van der Waals surface area contributed by atoms with Crippen LogP contribution in [0.4, 0.5) is 0 Å². The first-order valence-corrected chi connectivity index (χ1v) is 12.6. The number of rotatable bonds is 9. The van der Waals surface area contributed by atoms with E-state index in [4.69, 9.17) is 14.6 Å². The van der Waals surface area contributed by atoms with E-state index in [0.717, 1.165) is 35.4 Å². The maximum Gasteiger partial charge on any atom is 0.262 e. The van der Waals surface area contributed by atoms with E-state index in [2.05, 4.69) is 5.32 Å². The fourth-order valence-corrected chi connectivity index (χ4v) is 4.29. The molecule has 1 aliphatic rings. The second kappa shape index (κ2) is 12.0. The van der Waals surface area contributed by atoms with Crippen LogP contribution in [-0.2, 0) is 16.1 Å². The molecule has 1 fully saturated rings. The third-order valence-corrected chi connectivity index (χ3v) is 6.32. The SMILES string of the molecule is N#C/C(=C/c1cn(-c2ccccc2)nc1-c1ccc(OCc2ccccc2)cc1)C(=O)NCC1CCCO1. The maximum atomic E-state index is 12.8. The summed E-state index contributed by atoms with van der Waals surface area (Å²) >= 11 is 0. The van der Waals surface area contributed by atoms with Crippen LogP contribution in [0.5, 0.6) is 5.75 Å². The Morgan fingerprint density at radius 1 is 1.08 bits per heavy atom. The van der Waals surface area contributed by atoms with Gasteiger partial charge in [0.15, 0.2) is 0 Å². The summed E-state index contributed by atoms with van der Waals surface area (Å²) in [6.45, 7) is 1.57. The molecule has 0 radical (unpaired) electrons. The van der Waals surface area contributed by atoms with Gasteiger partial charge in [0.25, 0.3) is 5.91 Å². The molecule has 1 aliphatic heterocycles. The molecule has 2 heterocycles. The Hall–Kier alpha value is -4.67. The molecule has 1 atom stereocenters. The zero-order valence-electron chi connectivity index (χ0n) is 20.9. The van der Waals surface area contributed by atoms with Crippen molar-refractivity contribution in [2.45, 2.75) is 25.6 Å². The van der Waals surface area contributed by atoms with Gasteiger partial charge in [-0.2, -0.15) is 10.4 Å². The number of carbonyl (C=O) groups is 1. The van der Waals surface area contributed by atoms with Gasteiger partial charge in [-0.3, -0.25) is 4.79 Å². The first kappa shape index (κ1) is 25.0. The van der Waals surface area contributed by atoms with Crippen molar-refractivity contribution in [2.24, 2.45) is 0 Å². The molecule has 0 aliphatic carbocycles. The summed E-state index contributed by atoms with van der Waals surface area (Å²) in [6.07, 6.45) is 5.31. The quantitative estimate of drug-likeness (QED) is 0.246. The average molecular weight is 505 g/mol. The topological polar surface area (TPSA) is 89.2 Å². The largest absolute Gasteiger partial charge is 0.489 e. The third-order valence-electron chi connectivity index (χ3n) is 6.32. The van der Waals surface area contributed by atoms with Gasteiger partial charge < -0.3 is 14.8 Å². The van der Waals surface area contributed by atoms with Crippen LogP contribution in [0.15, 0.2) is 96.7 Å². The van der Waals surface area contributed by atoms with Crippen molar-refractivity contribution >= 4 is 12.0 Å². The molecular weight excluding hydrogens is 476 g/mol. The van der Waals surface area contributed by atoms with E-state index in [1.54, 1.807) is 10.8 Å². The predicted molar refractivity (Wildman–Crippen MR) is 145 cm³/mol. The molecule has 1 aromatic heterocycles. The fourth-order valence-electron chi connectivity index (χ4n) is 4.29. The lowest BCUT2D eigenvalue weighted by atomic mass is 10.1. The van der Waals surface area contributed by atoms with E-state index in [1.807, 2.05) is 97.2 Å². The lowest BCUT2D eigenvalue weighted by molar-refractivity contribution is -0.117. The number of hydrogen-bond acceptors (Lipinski definition) is 5.